The normalized spacial score (nSPS) is 21.4. The fourth-order valence-electron chi connectivity index (χ4n) is 3.11. The summed E-state index contributed by atoms with van der Waals surface area (Å²) in [6.45, 7) is 4.92. The molecule has 0 aromatic heterocycles. The van der Waals surface area contributed by atoms with E-state index >= 15 is 0 Å². The molecule has 1 aliphatic rings. The zero-order valence-electron chi connectivity index (χ0n) is 15.1. The van der Waals surface area contributed by atoms with Crippen molar-refractivity contribution in [2.45, 2.75) is 50.8 Å². The van der Waals surface area contributed by atoms with Gasteiger partial charge in [-0.1, -0.05) is 38.1 Å². The predicted octanol–water partition coefficient (Wildman–Crippen LogP) is 0.606. The fraction of sp³-hybridized carbons (Fsp3) is 0.632. The third-order valence-corrected chi connectivity index (χ3v) is 4.85. The lowest BCUT2D eigenvalue weighted by Crippen LogP contribution is -2.59. The lowest BCUT2D eigenvalue weighted by atomic mass is 9.91. The Morgan fingerprint density at radius 2 is 1.84 bits per heavy atom. The first-order chi connectivity index (χ1) is 11.9. The maximum absolute atomic E-state index is 12.7. The number of piperidine rings is 1. The van der Waals surface area contributed by atoms with E-state index in [1.165, 1.54) is 5.56 Å². The average Bonchev–Trinajstić information content (AvgIpc) is 2.60. The summed E-state index contributed by atoms with van der Waals surface area (Å²) >= 11 is 0. The number of rotatable bonds is 8. The highest BCUT2D eigenvalue weighted by atomic mass is 16.3. The van der Waals surface area contributed by atoms with E-state index in [-0.39, 0.29) is 25.7 Å². The van der Waals surface area contributed by atoms with Crippen molar-refractivity contribution in [3.63, 3.8) is 0 Å². The van der Waals surface area contributed by atoms with Crippen LogP contribution in [-0.4, -0.2) is 64.1 Å². The molecular weight excluding hydrogens is 320 g/mol. The van der Waals surface area contributed by atoms with Crippen LogP contribution >= 0.6 is 0 Å². The molecule has 4 N–H and O–H groups in total. The number of likely N-dealkylation sites (tertiary alicyclic amines) is 1. The first-order valence-electron chi connectivity index (χ1n) is 8.95. The van der Waals surface area contributed by atoms with Crippen molar-refractivity contribution < 1.29 is 20.1 Å². The maximum atomic E-state index is 12.7. The molecule has 0 aliphatic carbocycles. The molecule has 1 heterocycles. The molecule has 1 fully saturated rings. The molecular formula is C19H30N2O4. The van der Waals surface area contributed by atoms with Gasteiger partial charge in [0.1, 0.15) is 0 Å². The van der Waals surface area contributed by atoms with Crippen LogP contribution in [0.15, 0.2) is 24.3 Å². The van der Waals surface area contributed by atoms with Crippen LogP contribution in [0.5, 0.6) is 0 Å². The molecule has 1 saturated heterocycles. The van der Waals surface area contributed by atoms with Gasteiger partial charge in [0.15, 0.2) is 5.60 Å². The van der Waals surface area contributed by atoms with Gasteiger partial charge in [0.2, 0.25) is 0 Å². The monoisotopic (exact) mass is 350 g/mol. The summed E-state index contributed by atoms with van der Waals surface area (Å²) in [5.74, 6) is 0.168. The molecule has 6 heteroatoms. The Balaban J connectivity index is 2.00. The van der Waals surface area contributed by atoms with Gasteiger partial charge in [0.05, 0.1) is 19.3 Å². The smallest absolute Gasteiger partial charge is 0.256 e. The second-order valence-electron chi connectivity index (χ2n) is 7.20. The summed E-state index contributed by atoms with van der Waals surface area (Å²) < 4.78 is 0. The van der Waals surface area contributed by atoms with Crippen LogP contribution < -0.4 is 5.32 Å². The van der Waals surface area contributed by atoms with Gasteiger partial charge in [-0.3, -0.25) is 4.79 Å². The maximum Gasteiger partial charge on any atom is 0.256 e. The number of hydrogen-bond donors (Lipinski definition) is 4. The SMILES string of the molecule is CC(C)c1ccc(CN2CCC[C@@](O)(CNC(CO)CO)C2=O)cc1. The summed E-state index contributed by atoms with van der Waals surface area (Å²) in [6, 6.07) is 7.69. The minimum atomic E-state index is -1.49. The van der Waals surface area contributed by atoms with E-state index in [9.17, 15) is 9.90 Å². The molecule has 0 saturated carbocycles. The van der Waals surface area contributed by atoms with E-state index in [1.807, 2.05) is 12.1 Å². The number of aliphatic hydroxyl groups is 3. The van der Waals surface area contributed by atoms with Gasteiger partial charge in [-0.25, -0.2) is 0 Å². The number of carbonyl (C=O) groups excluding carboxylic acids is 1. The van der Waals surface area contributed by atoms with Crippen molar-refractivity contribution in [3.05, 3.63) is 35.4 Å². The average molecular weight is 350 g/mol. The number of nitrogens with zero attached hydrogens (tertiary/aromatic N) is 1. The lowest BCUT2D eigenvalue weighted by Gasteiger charge is -2.39. The van der Waals surface area contributed by atoms with Gasteiger partial charge in [-0.15, -0.1) is 0 Å². The molecule has 0 radical (unpaired) electrons. The van der Waals surface area contributed by atoms with Gasteiger partial charge >= 0.3 is 0 Å². The molecule has 2 rings (SSSR count). The number of nitrogens with one attached hydrogen (secondary N) is 1. The Morgan fingerprint density at radius 3 is 2.40 bits per heavy atom. The molecule has 1 aliphatic heterocycles. The third-order valence-electron chi connectivity index (χ3n) is 4.85. The van der Waals surface area contributed by atoms with E-state index < -0.39 is 11.6 Å². The van der Waals surface area contributed by atoms with Crippen molar-refractivity contribution in [2.75, 3.05) is 26.3 Å². The molecule has 1 atom stereocenters. The molecule has 1 aromatic rings. The minimum absolute atomic E-state index is 0.0282. The highest BCUT2D eigenvalue weighted by Crippen LogP contribution is 2.24. The van der Waals surface area contributed by atoms with Crippen molar-refractivity contribution in [2.24, 2.45) is 0 Å². The van der Waals surface area contributed by atoms with E-state index in [2.05, 4.69) is 31.3 Å². The third kappa shape index (κ3) is 5.01. The van der Waals surface area contributed by atoms with Gasteiger partial charge < -0.3 is 25.5 Å². The van der Waals surface area contributed by atoms with E-state index in [4.69, 9.17) is 10.2 Å². The molecule has 6 nitrogen and oxygen atoms in total. The topological polar surface area (TPSA) is 93.0 Å². The van der Waals surface area contributed by atoms with Crippen LogP contribution in [0.25, 0.3) is 0 Å². The van der Waals surface area contributed by atoms with E-state index in [1.54, 1.807) is 4.90 Å². The minimum Gasteiger partial charge on any atom is -0.395 e. The lowest BCUT2D eigenvalue weighted by molar-refractivity contribution is -0.157. The summed E-state index contributed by atoms with van der Waals surface area (Å²) in [7, 11) is 0. The first-order valence-corrected chi connectivity index (χ1v) is 8.95. The van der Waals surface area contributed by atoms with Crippen molar-refractivity contribution in [3.8, 4) is 0 Å². The molecule has 0 bridgehead atoms. The number of amides is 1. The van der Waals surface area contributed by atoms with Gasteiger partial charge in [0.25, 0.3) is 5.91 Å². The molecule has 25 heavy (non-hydrogen) atoms. The summed E-state index contributed by atoms with van der Waals surface area (Å²) in [4.78, 5) is 14.4. The largest absolute Gasteiger partial charge is 0.395 e. The number of benzene rings is 1. The van der Waals surface area contributed by atoms with Gasteiger partial charge in [-0.2, -0.15) is 0 Å². The summed E-state index contributed by atoms with van der Waals surface area (Å²) in [5.41, 5.74) is 0.811. The van der Waals surface area contributed by atoms with Crippen LogP contribution in [-0.2, 0) is 11.3 Å². The van der Waals surface area contributed by atoms with Crippen molar-refractivity contribution >= 4 is 5.91 Å². The number of hydrogen-bond acceptors (Lipinski definition) is 5. The number of aliphatic hydroxyl groups excluding tert-OH is 2. The zero-order valence-corrected chi connectivity index (χ0v) is 15.1. The van der Waals surface area contributed by atoms with Crippen molar-refractivity contribution in [1.82, 2.24) is 10.2 Å². The molecule has 0 spiro atoms. The van der Waals surface area contributed by atoms with Gasteiger partial charge in [-0.05, 0) is 29.9 Å². The fourth-order valence-corrected chi connectivity index (χ4v) is 3.11. The zero-order chi connectivity index (χ0) is 18.4. The van der Waals surface area contributed by atoms with Crippen LogP contribution in [0.2, 0.25) is 0 Å². The molecule has 1 aromatic carbocycles. The first kappa shape index (κ1) is 19.8. The standard InChI is InChI=1S/C19H30N2O4/c1-14(2)16-6-4-15(5-7-16)10-21-9-3-8-19(25,18(21)24)13-20-17(11-22)12-23/h4-7,14,17,20,22-23,25H,3,8-13H2,1-2H3/t19-/m1/s1. The van der Waals surface area contributed by atoms with Crippen LogP contribution in [0.4, 0.5) is 0 Å². The molecule has 1 amide bonds. The molecule has 0 unspecified atom stereocenters. The van der Waals surface area contributed by atoms with E-state index in [0.29, 0.717) is 25.4 Å². The van der Waals surface area contributed by atoms with Gasteiger partial charge in [0, 0.05) is 19.6 Å². The second-order valence-corrected chi connectivity index (χ2v) is 7.20. The Morgan fingerprint density at radius 1 is 1.20 bits per heavy atom. The molecule has 140 valence electrons. The summed E-state index contributed by atoms with van der Waals surface area (Å²) in [6.07, 6.45) is 1.10. The van der Waals surface area contributed by atoms with Crippen LogP contribution in [0.1, 0.15) is 43.7 Å². The highest BCUT2D eigenvalue weighted by Gasteiger charge is 2.42. The van der Waals surface area contributed by atoms with E-state index in [0.717, 1.165) is 12.0 Å². The Labute approximate surface area is 149 Å². The summed E-state index contributed by atoms with van der Waals surface area (Å²) in [5, 5.41) is 31.8. The predicted molar refractivity (Wildman–Crippen MR) is 96.1 cm³/mol. The highest BCUT2D eigenvalue weighted by molar-refractivity contribution is 5.86. The Kier molecular flexibility index (Phi) is 6.95. The Bertz CT molecular complexity index is 557. The number of carbonyl (C=O) groups is 1. The quantitative estimate of drug-likeness (QED) is 0.551. The Hall–Kier alpha value is -1.47. The van der Waals surface area contributed by atoms with Crippen molar-refractivity contribution in [1.29, 1.82) is 0 Å². The van der Waals surface area contributed by atoms with Crippen LogP contribution in [0, 0.1) is 0 Å². The van der Waals surface area contributed by atoms with Crippen LogP contribution in [0.3, 0.4) is 0 Å². The second kappa shape index (κ2) is 8.76.